The van der Waals surface area contributed by atoms with Gasteiger partial charge in [-0.3, -0.25) is 14.4 Å². The summed E-state index contributed by atoms with van der Waals surface area (Å²) in [7, 11) is 0. The number of aryl methyl sites for hydroxylation is 2. The van der Waals surface area contributed by atoms with Gasteiger partial charge in [0.15, 0.2) is 17.3 Å². The second-order valence-corrected chi connectivity index (χ2v) is 25.3. The molecule has 0 aromatic heterocycles. The fourth-order valence-corrected chi connectivity index (χ4v) is 10.2. The number of ketones is 3. The molecule has 0 aliphatic heterocycles. The zero-order valence-electron chi connectivity index (χ0n) is 65.1. The SMILES string of the molecule is C.C=C(C)C(=O)OCCN(CCOC(=O)C(=C)C)c1ccc(N=Nc2ccc(N=Nc3ccccc3)cc2)c(C(C)=O)c1.CC(=O)c1cc(N(CCO)CCO)c(C)cc1N=Nc1ccc(N=Nc2ccccc2)cc1.CC(=O)c1ccc(C)c(N(CCO)CCO)c1.Nc1ccc(N=Nc2ccccc2)cc1.Nc1ccccc1. The summed E-state index contributed by atoms with van der Waals surface area (Å²) in [5, 5.41) is 78.8. The number of aliphatic hydroxyl groups excluding tert-OH is 4. The highest BCUT2D eigenvalue weighted by molar-refractivity contribution is 6.01. The van der Waals surface area contributed by atoms with E-state index in [0.717, 1.165) is 56.6 Å². The predicted octanol–water partition coefficient (Wildman–Crippen LogP) is 20.2. The first kappa shape index (κ1) is 92.1. The molecule has 0 saturated carbocycles. The lowest BCUT2D eigenvalue weighted by Crippen LogP contribution is -2.32. The summed E-state index contributed by atoms with van der Waals surface area (Å²) in [6.07, 6.45) is 0. The van der Waals surface area contributed by atoms with E-state index >= 15 is 0 Å². The third-order valence-corrected chi connectivity index (χ3v) is 16.1. The van der Waals surface area contributed by atoms with Crippen LogP contribution in [0, 0.1) is 13.8 Å². The van der Waals surface area contributed by atoms with Gasteiger partial charge in [0, 0.05) is 82.5 Å². The molecule has 0 unspecified atom stereocenters. The smallest absolute Gasteiger partial charge is 0.333 e. The van der Waals surface area contributed by atoms with Crippen LogP contribution in [0.4, 0.5) is 85.3 Å². The number of anilines is 5. The molecule has 0 spiro atoms. The largest absolute Gasteiger partial charge is 0.460 e. The van der Waals surface area contributed by atoms with Crippen molar-refractivity contribution in [1.82, 2.24) is 0 Å². The number of hydrogen-bond acceptors (Lipinski definition) is 26. The van der Waals surface area contributed by atoms with Crippen molar-refractivity contribution in [3.05, 3.63) is 295 Å². The number of hydrogen-bond donors (Lipinski definition) is 6. The number of esters is 2. The first-order valence-corrected chi connectivity index (χ1v) is 36.3. The third kappa shape index (κ3) is 33.1. The quantitative estimate of drug-likeness (QED) is 0.00750. The van der Waals surface area contributed by atoms with E-state index in [9.17, 15) is 34.2 Å². The standard InChI is InChI=1S/C32H33N5O5.C25H27N5O3.C13H19NO3.C12H11N3.C6H7N.CH4/c1-22(2)31(39)41-19-17-37(18-20-42-32(40)23(3)4)28-15-16-30(29(21-28)24(5)38)36-35-27-13-11-26(12-14-27)34-33-25-9-7-6-8-10-25;1-18-16-24(23(19(2)33)17-25(18)30(12-14-31)13-15-32)29-28-22-10-8-21(9-11-22)27-26-20-6-4-3-5-7-20;1-10-3-4-12(11(2)17)9-13(10)14(5-7-15)6-8-16;13-10-6-8-12(9-7-10)15-14-11-4-2-1-3-5-11;7-6-4-2-1-3-5-6;/h6-16,21H,1,3,17-20H2,2,4-5H3;3-11,16-17,31-32H,12-15H2,1-2H3;3-4,9,15-16H,5-8H2,1-2H3;1-9H,13H2;1-5H,7H2;1H4. The van der Waals surface area contributed by atoms with E-state index in [1.54, 1.807) is 111 Å². The van der Waals surface area contributed by atoms with Crippen LogP contribution in [0.5, 0.6) is 0 Å². The fraction of sp³-hybridized carbons (Fsp3) is 0.225. The predicted molar refractivity (Wildman–Crippen MR) is 457 cm³/mol. The number of nitrogen functional groups attached to an aromatic ring is 2. The Labute approximate surface area is 672 Å². The number of azo groups is 5. The summed E-state index contributed by atoms with van der Waals surface area (Å²) in [5.41, 5.74) is 25.2. The molecule has 0 fully saturated rings. The first-order valence-electron chi connectivity index (χ1n) is 36.3. The van der Waals surface area contributed by atoms with Gasteiger partial charge in [0.25, 0.3) is 0 Å². The lowest BCUT2D eigenvalue weighted by molar-refractivity contribution is -0.139. The zero-order valence-corrected chi connectivity index (χ0v) is 65.1. The molecule has 10 rings (SSSR count). The third-order valence-electron chi connectivity index (χ3n) is 16.1. The van der Waals surface area contributed by atoms with Gasteiger partial charge in [-0.2, -0.15) is 40.9 Å². The van der Waals surface area contributed by atoms with Crippen molar-refractivity contribution < 1.29 is 53.9 Å². The minimum absolute atomic E-state index is 0. The average molecular weight is 1560 g/mol. The lowest BCUT2D eigenvalue weighted by atomic mass is 10.0. The Morgan fingerprint density at radius 3 is 1.00 bits per heavy atom. The number of para-hydroxylation sites is 1. The molecule has 0 atom stereocenters. The molecule has 10 aromatic rings. The second-order valence-electron chi connectivity index (χ2n) is 25.3. The van der Waals surface area contributed by atoms with Crippen LogP contribution in [0.3, 0.4) is 0 Å². The summed E-state index contributed by atoms with van der Waals surface area (Å²) in [4.78, 5) is 65.4. The zero-order chi connectivity index (χ0) is 82.6. The van der Waals surface area contributed by atoms with E-state index in [4.69, 9.17) is 31.2 Å². The number of rotatable bonds is 32. The number of carbonyl (C=O) groups excluding carboxylic acids is 5. The molecular formula is C89H101N15O11. The molecule has 0 heterocycles. The van der Waals surface area contributed by atoms with Crippen LogP contribution in [0.15, 0.2) is 318 Å². The van der Waals surface area contributed by atoms with Gasteiger partial charge in [-0.15, -0.1) is 10.2 Å². The minimum atomic E-state index is -0.504. The van der Waals surface area contributed by atoms with E-state index in [2.05, 4.69) is 64.3 Å². The monoisotopic (exact) mass is 1560 g/mol. The highest BCUT2D eigenvalue weighted by atomic mass is 16.5. The first-order chi connectivity index (χ1) is 55.0. The normalized spacial score (nSPS) is 10.7. The Morgan fingerprint density at radius 2 is 0.661 bits per heavy atom. The van der Waals surface area contributed by atoms with Crippen molar-refractivity contribution >= 4 is 115 Å². The summed E-state index contributed by atoms with van der Waals surface area (Å²) < 4.78 is 10.5. The van der Waals surface area contributed by atoms with Gasteiger partial charge in [-0.25, -0.2) is 9.59 Å². The van der Waals surface area contributed by atoms with Crippen LogP contribution in [-0.2, 0) is 19.1 Å². The Balaban J connectivity index is 0.000000283. The lowest BCUT2D eigenvalue weighted by Gasteiger charge is -2.25. The maximum absolute atomic E-state index is 12.5. The van der Waals surface area contributed by atoms with Crippen molar-refractivity contribution in [1.29, 1.82) is 0 Å². The highest BCUT2D eigenvalue weighted by Crippen LogP contribution is 2.34. The fourth-order valence-electron chi connectivity index (χ4n) is 10.2. The molecule has 115 heavy (non-hydrogen) atoms. The summed E-state index contributed by atoms with van der Waals surface area (Å²) in [6, 6.07) is 73.6. The highest BCUT2D eigenvalue weighted by Gasteiger charge is 2.19. The van der Waals surface area contributed by atoms with Crippen LogP contribution in [0.25, 0.3) is 0 Å². The van der Waals surface area contributed by atoms with Crippen molar-refractivity contribution in [2.45, 2.75) is 55.9 Å². The molecule has 0 saturated heterocycles. The van der Waals surface area contributed by atoms with Gasteiger partial charge in [0.05, 0.1) is 96.4 Å². The number of ether oxygens (including phenoxy) is 2. The molecule has 598 valence electrons. The molecular weight excluding hydrogens is 1460 g/mol. The second kappa shape index (κ2) is 50.4. The van der Waals surface area contributed by atoms with Gasteiger partial charge in [0.1, 0.15) is 13.2 Å². The Hall–Kier alpha value is -13.5. The number of nitrogens with two attached hydrogens (primary N) is 2. The summed E-state index contributed by atoms with van der Waals surface area (Å²) in [5.74, 6) is -1.34. The van der Waals surface area contributed by atoms with Crippen LogP contribution < -0.4 is 26.2 Å². The van der Waals surface area contributed by atoms with Crippen molar-refractivity contribution in [2.75, 3.05) is 105 Å². The molecule has 0 radical (unpaired) electrons. The van der Waals surface area contributed by atoms with Crippen LogP contribution in [-0.4, -0.2) is 129 Å². The molecule has 0 aliphatic rings. The number of aliphatic hydroxyl groups is 4. The molecule has 26 nitrogen and oxygen atoms in total. The Morgan fingerprint density at radius 1 is 0.339 bits per heavy atom. The summed E-state index contributed by atoms with van der Waals surface area (Å²) >= 11 is 0. The van der Waals surface area contributed by atoms with Gasteiger partial charge < -0.3 is 56.1 Å². The molecule has 26 heteroatoms. The molecule has 0 aliphatic carbocycles. The number of Topliss-reactive ketones (excluding diaryl/α,β-unsaturated/α-hetero) is 3. The molecule has 0 bridgehead atoms. The van der Waals surface area contributed by atoms with Crippen molar-refractivity contribution in [3.8, 4) is 0 Å². The topological polar surface area (TPSA) is 370 Å². The average Bonchev–Trinajstić information content (AvgIpc) is 0.748. The minimum Gasteiger partial charge on any atom is -0.460 e. The van der Waals surface area contributed by atoms with Crippen LogP contribution >= 0.6 is 0 Å². The number of nitrogens with zero attached hydrogens (tertiary/aromatic N) is 13. The maximum atomic E-state index is 12.5. The van der Waals surface area contributed by atoms with E-state index in [-0.39, 0.29) is 88.7 Å². The van der Waals surface area contributed by atoms with Crippen LogP contribution in [0.1, 0.15) is 84.2 Å². The van der Waals surface area contributed by atoms with Gasteiger partial charge in [0.2, 0.25) is 0 Å². The van der Waals surface area contributed by atoms with E-state index in [0.29, 0.717) is 82.7 Å². The maximum Gasteiger partial charge on any atom is 0.333 e. The van der Waals surface area contributed by atoms with E-state index in [1.165, 1.54) is 20.8 Å². The van der Waals surface area contributed by atoms with Gasteiger partial charge >= 0.3 is 11.9 Å². The van der Waals surface area contributed by atoms with Crippen molar-refractivity contribution in [2.24, 2.45) is 51.1 Å². The Bertz CT molecular complexity index is 4830. The molecule has 0 amide bonds. The molecule has 10 aromatic carbocycles. The van der Waals surface area contributed by atoms with E-state index < -0.39 is 11.9 Å². The molecule has 8 N–H and O–H groups in total. The van der Waals surface area contributed by atoms with Gasteiger partial charge in [-0.05, 0) is 217 Å². The van der Waals surface area contributed by atoms with Crippen molar-refractivity contribution in [3.63, 3.8) is 0 Å². The number of benzene rings is 10. The number of carbonyl (C=O) groups is 5. The van der Waals surface area contributed by atoms with Gasteiger partial charge in [-0.1, -0.05) is 106 Å². The summed E-state index contributed by atoms with van der Waals surface area (Å²) in [6.45, 7) is 20.8. The van der Waals surface area contributed by atoms with Crippen LogP contribution in [0.2, 0.25) is 0 Å². The Kier molecular flexibility index (Phi) is 40.3. The van der Waals surface area contributed by atoms with E-state index in [1.807, 2.05) is 174 Å².